The van der Waals surface area contributed by atoms with Crippen molar-refractivity contribution in [2.75, 3.05) is 17.2 Å². The Morgan fingerprint density at radius 2 is 1.74 bits per heavy atom. The molecule has 1 amide bonds. The molecule has 3 aromatic rings. The molecule has 4 N–H and O–H groups in total. The second-order valence-electron chi connectivity index (χ2n) is 6.19. The molecule has 1 aromatic heterocycles. The van der Waals surface area contributed by atoms with Crippen LogP contribution in [0.3, 0.4) is 0 Å². The molecule has 2 aromatic carbocycles. The summed E-state index contributed by atoms with van der Waals surface area (Å²) in [5.74, 6) is 0.235. The minimum absolute atomic E-state index is 0.0425. The Bertz CT molecular complexity index is 884. The molecule has 0 aliphatic heterocycles. The predicted molar refractivity (Wildman–Crippen MR) is 108 cm³/mol. The number of amides is 1. The molecule has 6 nitrogen and oxygen atoms in total. The maximum Gasteiger partial charge on any atom is 0.259 e. The predicted octanol–water partition coefficient (Wildman–Crippen LogP) is 3.40. The lowest BCUT2D eigenvalue weighted by molar-refractivity contribution is 0.102. The number of benzene rings is 2. The normalized spacial score (nSPS) is 11.6. The molecule has 0 aliphatic rings. The van der Waals surface area contributed by atoms with Gasteiger partial charge in [0, 0.05) is 18.3 Å². The van der Waals surface area contributed by atoms with E-state index in [0.717, 1.165) is 11.3 Å². The molecule has 0 saturated carbocycles. The van der Waals surface area contributed by atoms with Crippen LogP contribution in [0.1, 0.15) is 34.6 Å². The number of nitrogens with one attached hydrogen (secondary N) is 2. The molecular formula is C21H23N5O. The molecule has 0 fully saturated rings. The van der Waals surface area contributed by atoms with E-state index in [2.05, 4.69) is 20.6 Å². The van der Waals surface area contributed by atoms with Gasteiger partial charge in [0.2, 0.25) is 5.95 Å². The number of hydrogen-bond donors (Lipinski definition) is 3. The lowest BCUT2D eigenvalue weighted by Crippen LogP contribution is -2.19. The maximum absolute atomic E-state index is 12.6. The molecule has 27 heavy (non-hydrogen) atoms. The van der Waals surface area contributed by atoms with Crippen LogP contribution >= 0.6 is 0 Å². The summed E-state index contributed by atoms with van der Waals surface area (Å²) in [4.78, 5) is 21.5. The summed E-state index contributed by atoms with van der Waals surface area (Å²) < 4.78 is 0. The van der Waals surface area contributed by atoms with E-state index >= 15 is 0 Å². The van der Waals surface area contributed by atoms with Crippen molar-refractivity contribution in [3.8, 4) is 0 Å². The molecule has 0 spiro atoms. The van der Waals surface area contributed by atoms with Crippen molar-refractivity contribution in [2.45, 2.75) is 19.4 Å². The Labute approximate surface area is 158 Å². The van der Waals surface area contributed by atoms with Crippen molar-refractivity contribution in [1.82, 2.24) is 9.97 Å². The number of nitrogens with zero attached hydrogens (tertiary/aromatic N) is 2. The molecule has 3 rings (SSSR count). The van der Waals surface area contributed by atoms with Crippen molar-refractivity contribution in [3.63, 3.8) is 0 Å². The Morgan fingerprint density at radius 1 is 1.07 bits per heavy atom. The van der Waals surface area contributed by atoms with Gasteiger partial charge in [0.25, 0.3) is 5.91 Å². The van der Waals surface area contributed by atoms with Gasteiger partial charge < -0.3 is 16.4 Å². The SMILES string of the molecule is CC(Nc1ncc(C(=O)Nc2ccccc2)c(CCN)n1)c1ccccc1. The summed E-state index contributed by atoms with van der Waals surface area (Å²) in [5, 5.41) is 6.14. The Morgan fingerprint density at radius 3 is 2.41 bits per heavy atom. The molecule has 1 unspecified atom stereocenters. The van der Waals surface area contributed by atoms with Crippen molar-refractivity contribution in [1.29, 1.82) is 0 Å². The fourth-order valence-corrected chi connectivity index (χ4v) is 2.74. The third-order valence-electron chi connectivity index (χ3n) is 4.17. The average Bonchev–Trinajstić information content (AvgIpc) is 2.70. The first-order valence-electron chi connectivity index (χ1n) is 8.91. The number of carbonyl (C=O) groups excluding carboxylic acids is 1. The molecule has 1 atom stereocenters. The fraction of sp³-hybridized carbons (Fsp3) is 0.190. The monoisotopic (exact) mass is 361 g/mol. The minimum Gasteiger partial charge on any atom is -0.348 e. The van der Waals surface area contributed by atoms with Crippen LogP contribution in [0.2, 0.25) is 0 Å². The highest BCUT2D eigenvalue weighted by molar-refractivity contribution is 6.04. The van der Waals surface area contributed by atoms with E-state index < -0.39 is 0 Å². The molecule has 0 radical (unpaired) electrons. The van der Waals surface area contributed by atoms with Crippen LogP contribution in [0.4, 0.5) is 11.6 Å². The second kappa shape index (κ2) is 8.91. The van der Waals surface area contributed by atoms with Crippen molar-refractivity contribution in [3.05, 3.63) is 83.7 Å². The van der Waals surface area contributed by atoms with Crippen LogP contribution in [0.25, 0.3) is 0 Å². The highest BCUT2D eigenvalue weighted by atomic mass is 16.1. The lowest BCUT2D eigenvalue weighted by atomic mass is 10.1. The van der Waals surface area contributed by atoms with E-state index in [-0.39, 0.29) is 11.9 Å². The van der Waals surface area contributed by atoms with Crippen molar-refractivity contribution >= 4 is 17.5 Å². The Balaban J connectivity index is 1.79. The molecule has 0 saturated heterocycles. The van der Waals surface area contributed by atoms with E-state index in [1.54, 1.807) is 6.20 Å². The molecule has 0 aliphatic carbocycles. The lowest BCUT2D eigenvalue weighted by Gasteiger charge is -2.16. The van der Waals surface area contributed by atoms with Gasteiger partial charge in [-0.15, -0.1) is 0 Å². The minimum atomic E-state index is -0.243. The number of anilines is 2. The highest BCUT2D eigenvalue weighted by Gasteiger charge is 2.16. The molecule has 138 valence electrons. The number of aromatic nitrogens is 2. The van der Waals surface area contributed by atoms with Gasteiger partial charge in [-0.05, 0) is 31.2 Å². The number of hydrogen-bond acceptors (Lipinski definition) is 5. The average molecular weight is 361 g/mol. The Kier molecular flexibility index (Phi) is 6.12. The maximum atomic E-state index is 12.6. The van der Waals surface area contributed by atoms with Crippen LogP contribution in [-0.4, -0.2) is 22.4 Å². The zero-order chi connectivity index (χ0) is 19.1. The molecule has 0 bridgehead atoms. The highest BCUT2D eigenvalue weighted by Crippen LogP contribution is 2.18. The number of nitrogens with two attached hydrogens (primary N) is 1. The van der Waals surface area contributed by atoms with Gasteiger partial charge in [-0.1, -0.05) is 48.5 Å². The van der Waals surface area contributed by atoms with Gasteiger partial charge >= 0.3 is 0 Å². The molecule has 6 heteroatoms. The summed E-state index contributed by atoms with van der Waals surface area (Å²) >= 11 is 0. The summed E-state index contributed by atoms with van der Waals surface area (Å²) in [7, 11) is 0. The smallest absolute Gasteiger partial charge is 0.259 e. The molecule has 1 heterocycles. The van der Waals surface area contributed by atoms with Crippen LogP contribution in [0, 0.1) is 0 Å². The zero-order valence-corrected chi connectivity index (χ0v) is 15.2. The van der Waals surface area contributed by atoms with Crippen molar-refractivity contribution < 1.29 is 4.79 Å². The van der Waals surface area contributed by atoms with E-state index in [9.17, 15) is 4.79 Å². The van der Waals surface area contributed by atoms with Crippen LogP contribution < -0.4 is 16.4 Å². The van der Waals surface area contributed by atoms with E-state index in [4.69, 9.17) is 5.73 Å². The largest absolute Gasteiger partial charge is 0.348 e. The first-order valence-corrected chi connectivity index (χ1v) is 8.91. The van der Waals surface area contributed by atoms with Crippen LogP contribution in [0.15, 0.2) is 66.9 Å². The van der Waals surface area contributed by atoms with Gasteiger partial charge in [0.1, 0.15) is 0 Å². The van der Waals surface area contributed by atoms with Crippen LogP contribution in [0.5, 0.6) is 0 Å². The topological polar surface area (TPSA) is 92.9 Å². The van der Waals surface area contributed by atoms with Crippen molar-refractivity contribution in [2.24, 2.45) is 5.73 Å². The number of carbonyl (C=O) groups is 1. The standard InChI is InChI=1S/C21H23N5O/c1-15(16-8-4-2-5-9-16)24-21-23-14-18(19(26-21)12-13-22)20(27)25-17-10-6-3-7-11-17/h2-11,14-15H,12-13,22H2,1H3,(H,25,27)(H,23,24,26). The van der Waals surface area contributed by atoms with E-state index in [1.807, 2.05) is 67.6 Å². The quantitative estimate of drug-likeness (QED) is 0.600. The first kappa shape index (κ1) is 18.5. The van der Waals surface area contributed by atoms with E-state index in [0.29, 0.717) is 30.2 Å². The van der Waals surface area contributed by atoms with Crippen LogP contribution in [-0.2, 0) is 6.42 Å². The Hall–Kier alpha value is -3.25. The third-order valence-corrected chi connectivity index (χ3v) is 4.17. The molecular weight excluding hydrogens is 338 g/mol. The summed E-state index contributed by atoms with van der Waals surface area (Å²) in [5.41, 5.74) is 8.63. The van der Waals surface area contributed by atoms with E-state index in [1.165, 1.54) is 0 Å². The first-order chi connectivity index (χ1) is 13.2. The van der Waals surface area contributed by atoms with Gasteiger partial charge in [-0.2, -0.15) is 0 Å². The summed E-state index contributed by atoms with van der Waals surface area (Å²) in [6.07, 6.45) is 2.05. The third kappa shape index (κ3) is 4.89. The van der Waals surface area contributed by atoms with Gasteiger partial charge in [-0.25, -0.2) is 9.97 Å². The number of para-hydroxylation sites is 1. The second-order valence-corrected chi connectivity index (χ2v) is 6.19. The zero-order valence-electron chi connectivity index (χ0n) is 15.2. The summed E-state index contributed by atoms with van der Waals surface area (Å²) in [6.45, 7) is 2.44. The summed E-state index contributed by atoms with van der Waals surface area (Å²) in [6, 6.07) is 19.4. The van der Waals surface area contributed by atoms with Gasteiger partial charge in [0.05, 0.1) is 17.3 Å². The van der Waals surface area contributed by atoms with Gasteiger partial charge in [-0.3, -0.25) is 4.79 Å². The number of rotatable bonds is 7. The fourth-order valence-electron chi connectivity index (χ4n) is 2.74. The van der Waals surface area contributed by atoms with Gasteiger partial charge in [0.15, 0.2) is 0 Å².